The molecule has 116 valence electrons. The maximum atomic E-state index is 12.8. The molecule has 2 aliphatic rings. The summed E-state index contributed by atoms with van der Waals surface area (Å²) in [4.78, 5) is 15.1. The second-order valence-electron chi connectivity index (χ2n) is 6.58. The van der Waals surface area contributed by atoms with Crippen LogP contribution in [0.25, 0.3) is 0 Å². The standard InChI is InChI=1S/C17H32N2O/c1-3-5-7-14(4-2)17(20)19-13-6-8-16(19)15-9-11-18-12-10-15/h14-16,18H,3-13H2,1-2H3. The molecule has 2 atom stereocenters. The van der Waals surface area contributed by atoms with E-state index in [2.05, 4.69) is 24.1 Å². The predicted molar refractivity (Wildman–Crippen MR) is 83.6 cm³/mol. The molecule has 2 unspecified atom stereocenters. The molecule has 0 aromatic rings. The molecule has 0 aliphatic carbocycles. The number of carbonyl (C=O) groups excluding carboxylic acids is 1. The molecule has 2 rings (SSSR count). The summed E-state index contributed by atoms with van der Waals surface area (Å²) in [6.45, 7) is 7.67. The third-order valence-electron chi connectivity index (χ3n) is 5.26. The Hall–Kier alpha value is -0.570. The van der Waals surface area contributed by atoms with Crippen molar-refractivity contribution in [2.45, 2.75) is 71.3 Å². The number of amides is 1. The average molecular weight is 280 g/mol. The van der Waals surface area contributed by atoms with Crippen molar-refractivity contribution in [3.63, 3.8) is 0 Å². The van der Waals surface area contributed by atoms with Crippen LogP contribution in [0.1, 0.15) is 65.2 Å². The van der Waals surface area contributed by atoms with E-state index in [4.69, 9.17) is 0 Å². The Labute approximate surface area is 124 Å². The van der Waals surface area contributed by atoms with Crippen LogP contribution in [-0.2, 0) is 4.79 Å². The average Bonchev–Trinajstić information content (AvgIpc) is 2.98. The first-order valence-electron chi connectivity index (χ1n) is 8.79. The number of unbranched alkanes of at least 4 members (excludes halogenated alkanes) is 1. The zero-order chi connectivity index (χ0) is 14.4. The van der Waals surface area contributed by atoms with E-state index in [9.17, 15) is 4.79 Å². The third-order valence-corrected chi connectivity index (χ3v) is 5.26. The van der Waals surface area contributed by atoms with Crippen LogP contribution in [0.15, 0.2) is 0 Å². The Morgan fingerprint density at radius 3 is 2.65 bits per heavy atom. The lowest BCUT2D eigenvalue weighted by Gasteiger charge is -2.36. The Kier molecular flexibility index (Phi) is 6.34. The Balaban J connectivity index is 1.95. The van der Waals surface area contributed by atoms with E-state index in [1.807, 2.05) is 0 Å². The Bertz CT molecular complexity index is 299. The van der Waals surface area contributed by atoms with Crippen molar-refractivity contribution in [2.75, 3.05) is 19.6 Å². The number of hydrogen-bond donors (Lipinski definition) is 1. The molecule has 0 aromatic carbocycles. The second kappa shape index (κ2) is 8.02. The van der Waals surface area contributed by atoms with E-state index in [-0.39, 0.29) is 5.92 Å². The Morgan fingerprint density at radius 2 is 2.00 bits per heavy atom. The van der Waals surface area contributed by atoms with E-state index in [0.717, 1.165) is 38.4 Å². The van der Waals surface area contributed by atoms with Gasteiger partial charge in [0, 0.05) is 18.5 Å². The molecule has 2 aliphatic heterocycles. The van der Waals surface area contributed by atoms with Crippen molar-refractivity contribution in [1.82, 2.24) is 10.2 Å². The first-order valence-corrected chi connectivity index (χ1v) is 8.79. The second-order valence-corrected chi connectivity index (χ2v) is 6.58. The van der Waals surface area contributed by atoms with Crippen molar-refractivity contribution in [3.05, 3.63) is 0 Å². The summed E-state index contributed by atoms with van der Waals surface area (Å²) in [6.07, 6.45) is 9.43. The molecule has 2 heterocycles. The van der Waals surface area contributed by atoms with E-state index in [1.54, 1.807) is 0 Å². The van der Waals surface area contributed by atoms with Gasteiger partial charge in [-0.15, -0.1) is 0 Å². The molecule has 0 radical (unpaired) electrons. The van der Waals surface area contributed by atoms with Crippen molar-refractivity contribution < 1.29 is 4.79 Å². The molecule has 0 spiro atoms. The predicted octanol–water partition coefficient (Wildman–Crippen LogP) is 3.19. The van der Waals surface area contributed by atoms with E-state index >= 15 is 0 Å². The summed E-state index contributed by atoms with van der Waals surface area (Å²) in [5.74, 6) is 1.48. The smallest absolute Gasteiger partial charge is 0.225 e. The number of nitrogens with one attached hydrogen (secondary N) is 1. The molecule has 0 bridgehead atoms. The van der Waals surface area contributed by atoms with E-state index < -0.39 is 0 Å². The number of piperidine rings is 1. The first kappa shape index (κ1) is 15.8. The van der Waals surface area contributed by atoms with Crippen LogP contribution in [0.2, 0.25) is 0 Å². The molecule has 0 aromatic heterocycles. The lowest BCUT2D eigenvalue weighted by Crippen LogP contribution is -2.45. The van der Waals surface area contributed by atoms with Crippen molar-refractivity contribution in [1.29, 1.82) is 0 Å². The largest absolute Gasteiger partial charge is 0.339 e. The summed E-state index contributed by atoms with van der Waals surface area (Å²) in [5.41, 5.74) is 0. The van der Waals surface area contributed by atoms with Gasteiger partial charge in [-0.1, -0.05) is 26.7 Å². The molecule has 3 heteroatoms. The van der Waals surface area contributed by atoms with Crippen LogP contribution >= 0.6 is 0 Å². The Morgan fingerprint density at radius 1 is 1.25 bits per heavy atom. The number of likely N-dealkylation sites (tertiary alicyclic amines) is 1. The first-order chi connectivity index (χ1) is 9.77. The molecule has 1 amide bonds. The number of hydrogen-bond acceptors (Lipinski definition) is 2. The molecular weight excluding hydrogens is 248 g/mol. The minimum Gasteiger partial charge on any atom is -0.339 e. The van der Waals surface area contributed by atoms with Crippen LogP contribution in [0.5, 0.6) is 0 Å². The molecule has 0 saturated carbocycles. The van der Waals surface area contributed by atoms with Gasteiger partial charge in [-0.05, 0) is 57.5 Å². The molecule has 2 fully saturated rings. The zero-order valence-corrected chi connectivity index (χ0v) is 13.4. The normalized spacial score (nSPS) is 25.9. The number of carbonyl (C=O) groups is 1. The van der Waals surface area contributed by atoms with Gasteiger partial charge in [-0.2, -0.15) is 0 Å². The summed E-state index contributed by atoms with van der Waals surface area (Å²) in [6, 6.07) is 0.542. The van der Waals surface area contributed by atoms with Gasteiger partial charge < -0.3 is 10.2 Å². The monoisotopic (exact) mass is 280 g/mol. The van der Waals surface area contributed by atoms with Gasteiger partial charge in [-0.25, -0.2) is 0 Å². The maximum absolute atomic E-state index is 12.8. The third kappa shape index (κ3) is 3.75. The number of rotatable bonds is 6. The van der Waals surface area contributed by atoms with Gasteiger partial charge in [0.25, 0.3) is 0 Å². The SMILES string of the molecule is CCCCC(CC)C(=O)N1CCCC1C1CCNCC1. The summed E-state index contributed by atoms with van der Waals surface area (Å²) in [5, 5.41) is 3.44. The molecule has 20 heavy (non-hydrogen) atoms. The van der Waals surface area contributed by atoms with Crippen LogP contribution in [0.3, 0.4) is 0 Å². The lowest BCUT2D eigenvalue weighted by molar-refractivity contribution is -0.138. The molecule has 2 saturated heterocycles. The van der Waals surface area contributed by atoms with Gasteiger partial charge in [0.05, 0.1) is 0 Å². The van der Waals surface area contributed by atoms with Crippen LogP contribution < -0.4 is 5.32 Å². The van der Waals surface area contributed by atoms with Crippen molar-refractivity contribution in [2.24, 2.45) is 11.8 Å². The van der Waals surface area contributed by atoms with Gasteiger partial charge in [0.1, 0.15) is 0 Å². The summed E-state index contributed by atoms with van der Waals surface area (Å²) in [7, 11) is 0. The van der Waals surface area contributed by atoms with Gasteiger partial charge >= 0.3 is 0 Å². The van der Waals surface area contributed by atoms with Crippen LogP contribution in [0.4, 0.5) is 0 Å². The van der Waals surface area contributed by atoms with E-state index in [1.165, 1.54) is 38.5 Å². The van der Waals surface area contributed by atoms with Gasteiger partial charge in [0.2, 0.25) is 5.91 Å². The number of nitrogens with zero attached hydrogens (tertiary/aromatic N) is 1. The molecule has 3 nitrogen and oxygen atoms in total. The highest BCUT2D eigenvalue weighted by Crippen LogP contribution is 2.31. The fourth-order valence-electron chi connectivity index (χ4n) is 3.97. The van der Waals surface area contributed by atoms with Gasteiger partial charge in [0.15, 0.2) is 0 Å². The fraction of sp³-hybridized carbons (Fsp3) is 0.941. The van der Waals surface area contributed by atoms with Crippen molar-refractivity contribution in [3.8, 4) is 0 Å². The quantitative estimate of drug-likeness (QED) is 0.810. The van der Waals surface area contributed by atoms with E-state index in [0.29, 0.717) is 11.9 Å². The maximum Gasteiger partial charge on any atom is 0.225 e. The lowest BCUT2D eigenvalue weighted by atomic mass is 9.88. The highest BCUT2D eigenvalue weighted by atomic mass is 16.2. The topological polar surface area (TPSA) is 32.3 Å². The van der Waals surface area contributed by atoms with Gasteiger partial charge in [-0.3, -0.25) is 4.79 Å². The van der Waals surface area contributed by atoms with Crippen LogP contribution in [-0.4, -0.2) is 36.5 Å². The zero-order valence-electron chi connectivity index (χ0n) is 13.4. The molecule has 1 N–H and O–H groups in total. The van der Waals surface area contributed by atoms with Crippen LogP contribution in [0, 0.1) is 11.8 Å². The minimum absolute atomic E-state index is 0.275. The fourth-order valence-corrected chi connectivity index (χ4v) is 3.97. The minimum atomic E-state index is 0.275. The highest BCUT2D eigenvalue weighted by Gasteiger charge is 2.36. The van der Waals surface area contributed by atoms with Crippen molar-refractivity contribution >= 4 is 5.91 Å². The summed E-state index contributed by atoms with van der Waals surface area (Å²) >= 11 is 0. The molecular formula is C17H32N2O. The highest BCUT2D eigenvalue weighted by molar-refractivity contribution is 5.79. The summed E-state index contributed by atoms with van der Waals surface area (Å²) < 4.78 is 0.